The molecule has 0 fully saturated rings. The predicted molar refractivity (Wildman–Crippen MR) is 109 cm³/mol. The zero-order valence-corrected chi connectivity index (χ0v) is 16.6. The first-order valence-electron chi connectivity index (χ1n) is 8.11. The number of methoxy groups -OCH3 is 1. The summed E-state index contributed by atoms with van der Waals surface area (Å²) in [6, 6.07) is 3.89. The van der Waals surface area contributed by atoms with Gasteiger partial charge in [0.25, 0.3) is 0 Å². The van der Waals surface area contributed by atoms with E-state index in [2.05, 4.69) is 55.3 Å². The number of rotatable bonds is 7. The number of hydrogen-bond donors (Lipinski definition) is 1. The number of nitrogens with zero attached hydrogens (tertiary/aromatic N) is 3. The molecule has 0 saturated carbocycles. The molecule has 0 saturated heterocycles. The van der Waals surface area contributed by atoms with Gasteiger partial charge in [-0.1, -0.05) is 35.0 Å². The Hall–Kier alpha value is -2.21. The van der Waals surface area contributed by atoms with Crippen LogP contribution in [0.25, 0.3) is 10.9 Å². The van der Waals surface area contributed by atoms with Gasteiger partial charge in [-0.25, -0.2) is 9.97 Å². The van der Waals surface area contributed by atoms with E-state index in [0.717, 1.165) is 33.3 Å². The molecule has 0 aliphatic carbocycles. The molecule has 5 nitrogen and oxygen atoms in total. The monoisotopic (exact) mass is 402 g/mol. The van der Waals surface area contributed by atoms with Crippen molar-refractivity contribution in [2.24, 2.45) is 4.99 Å². The van der Waals surface area contributed by atoms with Gasteiger partial charge in [-0.05, 0) is 37.1 Å². The Morgan fingerprint density at radius 1 is 1.32 bits per heavy atom. The fourth-order valence-electron chi connectivity index (χ4n) is 2.35. The zero-order chi connectivity index (χ0) is 18.2. The van der Waals surface area contributed by atoms with Crippen LogP contribution >= 0.6 is 15.9 Å². The number of fused-ring (bicyclic) bond motifs is 1. The van der Waals surface area contributed by atoms with E-state index in [0.29, 0.717) is 12.3 Å². The standard InChI is InChI=1S/C19H23BrN4O/c1-5-6-14(8-7-13(2)21-3)11-22-19-16-9-15(20)10-17(25-4)18(16)23-12-24-19/h6-10,12H,5,11H2,1-4H3,(H,22,23,24)/b8-7-,14-6-,21-13-. The summed E-state index contributed by atoms with van der Waals surface area (Å²) in [5.41, 5.74) is 2.95. The van der Waals surface area contributed by atoms with E-state index in [1.165, 1.54) is 5.57 Å². The molecule has 1 aromatic heterocycles. The van der Waals surface area contributed by atoms with Gasteiger partial charge >= 0.3 is 0 Å². The van der Waals surface area contributed by atoms with Gasteiger partial charge in [-0.15, -0.1) is 0 Å². The summed E-state index contributed by atoms with van der Waals surface area (Å²) < 4.78 is 6.35. The molecular weight excluding hydrogens is 380 g/mol. The lowest BCUT2D eigenvalue weighted by Crippen LogP contribution is -2.06. The maximum Gasteiger partial charge on any atom is 0.146 e. The first kappa shape index (κ1) is 19.1. The Morgan fingerprint density at radius 2 is 2.12 bits per heavy atom. The second-order valence-electron chi connectivity index (χ2n) is 5.47. The number of nitrogens with one attached hydrogen (secondary N) is 1. The van der Waals surface area contributed by atoms with Gasteiger partial charge in [0.05, 0.1) is 7.11 Å². The van der Waals surface area contributed by atoms with Crippen molar-refractivity contribution >= 4 is 38.4 Å². The lowest BCUT2D eigenvalue weighted by atomic mass is 10.1. The number of halogens is 1. The first-order chi connectivity index (χ1) is 12.1. The third-order valence-electron chi connectivity index (χ3n) is 3.71. The topological polar surface area (TPSA) is 59.4 Å². The second-order valence-corrected chi connectivity index (χ2v) is 6.38. The van der Waals surface area contributed by atoms with Gasteiger partial charge in [0.15, 0.2) is 0 Å². The summed E-state index contributed by atoms with van der Waals surface area (Å²) in [6.45, 7) is 4.77. The van der Waals surface area contributed by atoms with Crippen molar-refractivity contribution in [2.75, 3.05) is 26.0 Å². The van der Waals surface area contributed by atoms with Crippen molar-refractivity contribution in [3.8, 4) is 5.75 Å². The Morgan fingerprint density at radius 3 is 2.80 bits per heavy atom. The number of aliphatic imine (C=N–C) groups is 1. The van der Waals surface area contributed by atoms with Gasteiger partial charge < -0.3 is 10.1 Å². The van der Waals surface area contributed by atoms with Crippen LogP contribution in [0.5, 0.6) is 5.75 Å². The molecule has 1 N–H and O–H groups in total. The molecule has 1 heterocycles. The van der Waals surface area contributed by atoms with Crippen LogP contribution in [0, 0.1) is 0 Å². The third-order valence-corrected chi connectivity index (χ3v) is 4.16. The number of benzene rings is 1. The molecule has 0 atom stereocenters. The number of ether oxygens (including phenoxy) is 1. The van der Waals surface area contributed by atoms with E-state index in [4.69, 9.17) is 4.74 Å². The van der Waals surface area contributed by atoms with Crippen LogP contribution < -0.4 is 10.1 Å². The van der Waals surface area contributed by atoms with Crippen molar-refractivity contribution in [3.63, 3.8) is 0 Å². The summed E-state index contributed by atoms with van der Waals surface area (Å²) in [5.74, 6) is 1.50. The van der Waals surface area contributed by atoms with Crippen molar-refractivity contribution in [1.29, 1.82) is 0 Å². The Labute approximate surface area is 157 Å². The molecule has 132 valence electrons. The van der Waals surface area contributed by atoms with E-state index in [1.54, 1.807) is 20.5 Å². The predicted octanol–water partition coefficient (Wildman–Crippen LogP) is 4.80. The van der Waals surface area contributed by atoms with Gasteiger partial charge in [0.1, 0.15) is 23.4 Å². The minimum atomic E-state index is 0.669. The minimum Gasteiger partial charge on any atom is -0.494 e. The molecule has 2 rings (SSSR count). The fraction of sp³-hybridized carbons (Fsp3) is 0.316. The quantitative estimate of drug-likeness (QED) is 0.533. The van der Waals surface area contributed by atoms with Gasteiger partial charge in [0.2, 0.25) is 0 Å². The fourth-order valence-corrected chi connectivity index (χ4v) is 2.78. The van der Waals surface area contributed by atoms with Gasteiger partial charge in [0, 0.05) is 29.2 Å². The van der Waals surface area contributed by atoms with E-state index in [1.807, 2.05) is 25.1 Å². The van der Waals surface area contributed by atoms with Crippen LogP contribution in [0.2, 0.25) is 0 Å². The van der Waals surface area contributed by atoms with Crippen LogP contribution in [0.4, 0.5) is 5.82 Å². The van der Waals surface area contributed by atoms with Gasteiger partial charge in [-0.3, -0.25) is 4.99 Å². The molecule has 25 heavy (non-hydrogen) atoms. The summed E-state index contributed by atoms with van der Waals surface area (Å²) >= 11 is 3.51. The van der Waals surface area contributed by atoms with E-state index in [-0.39, 0.29) is 0 Å². The number of hydrogen-bond acceptors (Lipinski definition) is 5. The summed E-state index contributed by atoms with van der Waals surface area (Å²) in [6.07, 6.45) is 8.80. The molecule has 0 aliphatic rings. The summed E-state index contributed by atoms with van der Waals surface area (Å²) in [5, 5.41) is 4.32. The van der Waals surface area contributed by atoms with Crippen LogP contribution in [-0.2, 0) is 0 Å². The zero-order valence-electron chi connectivity index (χ0n) is 15.0. The van der Waals surface area contributed by atoms with E-state index in [9.17, 15) is 0 Å². The normalized spacial score (nSPS) is 12.8. The molecule has 2 aromatic rings. The maximum atomic E-state index is 5.42. The van der Waals surface area contributed by atoms with Crippen molar-refractivity contribution in [3.05, 3.63) is 46.7 Å². The molecule has 0 amide bonds. The van der Waals surface area contributed by atoms with Gasteiger partial charge in [-0.2, -0.15) is 0 Å². The Balaban J connectivity index is 2.29. The lowest BCUT2D eigenvalue weighted by Gasteiger charge is -2.11. The minimum absolute atomic E-state index is 0.669. The second kappa shape index (κ2) is 9.32. The number of aromatic nitrogens is 2. The molecule has 0 aliphatic heterocycles. The smallest absolute Gasteiger partial charge is 0.146 e. The highest BCUT2D eigenvalue weighted by atomic mass is 79.9. The molecule has 0 bridgehead atoms. The number of anilines is 1. The molecule has 0 unspecified atom stereocenters. The maximum absolute atomic E-state index is 5.42. The highest BCUT2D eigenvalue weighted by Crippen LogP contribution is 2.31. The SMILES string of the molecule is CC/C=C(/C=C\C(C)=N/C)CNc1ncnc2c(OC)cc(Br)cc12. The lowest BCUT2D eigenvalue weighted by molar-refractivity contribution is 0.418. The average molecular weight is 403 g/mol. The van der Waals surface area contributed by atoms with Crippen LogP contribution in [0.3, 0.4) is 0 Å². The van der Waals surface area contributed by atoms with Crippen molar-refractivity contribution in [2.45, 2.75) is 20.3 Å². The molecule has 0 spiro atoms. The number of allylic oxidation sites excluding steroid dienone is 2. The highest BCUT2D eigenvalue weighted by molar-refractivity contribution is 9.10. The van der Waals surface area contributed by atoms with E-state index < -0.39 is 0 Å². The third kappa shape index (κ3) is 5.13. The Kier molecular flexibility index (Phi) is 7.13. The largest absolute Gasteiger partial charge is 0.494 e. The molecular formula is C19H23BrN4O. The molecule has 1 aromatic carbocycles. The van der Waals surface area contributed by atoms with Crippen molar-refractivity contribution < 1.29 is 4.74 Å². The van der Waals surface area contributed by atoms with E-state index >= 15 is 0 Å². The van der Waals surface area contributed by atoms with Crippen LogP contribution in [0.1, 0.15) is 20.3 Å². The van der Waals surface area contributed by atoms with Crippen LogP contribution in [0.15, 0.2) is 51.7 Å². The highest BCUT2D eigenvalue weighted by Gasteiger charge is 2.10. The summed E-state index contributed by atoms with van der Waals surface area (Å²) in [7, 11) is 3.43. The summed E-state index contributed by atoms with van der Waals surface area (Å²) in [4.78, 5) is 12.9. The van der Waals surface area contributed by atoms with Crippen LogP contribution in [-0.4, -0.2) is 36.4 Å². The first-order valence-corrected chi connectivity index (χ1v) is 8.91. The Bertz CT molecular complexity index is 828. The average Bonchev–Trinajstić information content (AvgIpc) is 2.62. The molecule has 0 radical (unpaired) electrons. The molecule has 6 heteroatoms. The van der Waals surface area contributed by atoms with Crippen molar-refractivity contribution in [1.82, 2.24) is 9.97 Å².